The standard InChI is InChI=1S/C13H17N3S2/c1-14-12(10-6-4-3-5-7-10)13-16-15-11(18-13)8-9-17-2/h3-7,12,14H,8-9H2,1-2H3. The first-order valence-electron chi connectivity index (χ1n) is 5.88. The van der Waals surface area contributed by atoms with E-state index in [0.29, 0.717) is 0 Å². The molecule has 1 heterocycles. The molecule has 2 aromatic rings. The Morgan fingerprint density at radius 1 is 1.28 bits per heavy atom. The maximum absolute atomic E-state index is 4.31. The van der Waals surface area contributed by atoms with Gasteiger partial charge in [-0.15, -0.1) is 10.2 Å². The van der Waals surface area contributed by atoms with E-state index in [-0.39, 0.29) is 6.04 Å². The third-order valence-corrected chi connectivity index (χ3v) is 4.33. The fourth-order valence-corrected chi connectivity index (χ4v) is 3.26. The molecule has 3 nitrogen and oxygen atoms in total. The molecule has 0 amide bonds. The van der Waals surface area contributed by atoms with Gasteiger partial charge in [-0.1, -0.05) is 41.7 Å². The minimum Gasteiger partial charge on any atom is -0.307 e. The summed E-state index contributed by atoms with van der Waals surface area (Å²) in [6.07, 6.45) is 3.12. The third-order valence-electron chi connectivity index (χ3n) is 2.67. The second-order valence-corrected chi connectivity index (χ2v) is 5.99. The number of hydrogen-bond acceptors (Lipinski definition) is 5. The number of thioether (sulfide) groups is 1. The fourth-order valence-electron chi connectivity index (χ4n) is 1.75. The van der Waals surface area contributed by atoms with Crippen molar-refractivity contribution in [3.05, 3.63) is 45.9 Å². The van der Waals surface area contributed by atoms with Crippen LogP contribution < -0.4 is 5.32 Å². The molecule has 1 aromatic heterocycles. The van der Waals surface area contributed by atoms with E-state index in [1.165, 1.54) is 5.56 Å². The molecule has 18 heavy (non-hydrogen) atoms. The van der Waals surface area contributed by atoms with Crippen molar-refractivity contribution in [3.63, 3.8) is 0 Å². The van der Waals surface area contributed by atoms with Crippen LogP contribution in [-0.2, 0) is 6.42 Å². The molecule has 0 bridgehead atoms. The second-order valence-electron chi connectivity index (χ2n) is 3.91. The predicted octanol–water partition coefficient (Wildman–Crippen LogP) is 2.75. The van der Waals surface area contributed by atoms with Gasteiger partial charge in [0.25, 0.3) is 0 Å². The number of rotatable bonds is 6. The fraction of sp³-hybridized carbons (Fsp3) is 0.385. The molecule has 1 aromatic carbocycles. The summed E-state index contributed by atoms with van der Waals surface area (Å²) < 4.78 is 0. The van der Waals surface area contributed by atoms with Crippen LogP contribution in [0.1, 0.15) is 21.6 Å². The van der Waals surface area contributed by atoms with Crippen LogP contribution in [0.5, 0.6) is 0 Å². The zero-order valence-electron chi connectivity index (χ0n) is 10.6. The van der Waals surface area contributed by atoms with Crippen molar-refractivity contribution in [3.8, 4) is 0 Å². The quantitative estimate of drug-likeness (QED) is 0.882. The van der Waals surface area contributed by atoms with Gasteiger partial charge in [0.05, 0.1) is 6.04 Å². The molecule has 0 radical (unpaired) electrons. The molecule has 0 spiro atoms. The lowest BCUT2D eigenvalue weighted by Gasteiger charge is -2.12. The monoisotopic (exact) mass is 279 g/mol. The highest BCUT2D eigenvalue weighted by atomic mass is 32.2. The first kappa shape index (κ1) is 13.5. The summed E-state index contributed by atoms with van der Waals surface area (Å²) in [4.78, 5) is 0. The Labute approximate surface area is 116 Å². The maximum atomic E-state index is 4.31. The third kappa shape index (κ3) is 3.31. The van der Waals surface area contributed by atoms with E-state index in [9.17, 15) is 0 Å². The first-order valence-corrected chi connectivity index (χ1v) is 8.09. The van der Waals surface area contributed by atoms with Crippen molar-refractivity contribution in [2.24, 2.45) is 0 Å². The van der Waals surface area contributed by atoms with Gasteiger partial charge >= 0.3 is 0 Å². The van der Waals surface area contributed by atoms with E-state index in [1.807, 2.05) is 24.9 Å². The Kier molecular flexibility index (Phi) is 5.16. The zero-order chi connectivity index (χ0) is 12.8. The molecule has 96 valence electrons. The Morgan fingerprint density at radius 3 is 2.72 bits per heavy atom. The first-order chi connectivity index (χ1) is 8.85. The summed E-state index contributed by atoms with van der Waals surface area (Å²) in [6, 6.07) is 10.5. The largest absolute Gasteiger partial charge is 0.307 e. The summed E-state index contributed by atoms with van der Waals surface area (Å²) >= 11 is 3.54. The number of hydrogen-bond donors (Lipinski definition) is 1. The van der Waals surface area contributed by atoms with Gasteiger partial charge in [-0.2, -0.15) is 11.8 Å². The van der Waals surface area contributed by atoms with Gasteiger partial charge in [0.15, 0.2) is 0 Å². The zero-order valence-corrected chi connectivity index (χ0v) is 12.2. The Bertz CT molecular complexity index is 470. The SMILES string of the molecule is CNC(c1ccccc1)c1nnc(CCSC)s1. The summed E-state index contributed by atoms with van der Waals surface area (Å²) in [7, 11) is 1.96. The van der Waals surface area contributed by atoms with Crippen LogP contribution in [0.4, 0.5) is 0 Å². The normalized spacial score (nSPS) is 12.6. The van der Waals surface area contributed by atoms with Crippen molar-refractivity contribution in [1.82, 2.24) is 15.5 Å². The van der Waals surface area contributed by atoms with Crippen molar-refractivity contribution in [1.29, 1.82) is 0 Å². The number of nitrogens with one attached hydrogen (secondary N) is 1. The molecular weight excluding hydrogens is 262 g/mol. The molecule has 5 heteroatoms. The average molecular weight is 279 g/mol. The number of benzene rings is 1. The van der Waals surface area contributed by atoms with Gasteiger partial charge in [-0.3, -0.25) is 0 Å². The summed E-state index contributed by atoms with van der Waals surface area (Å²) in [5, 5.41) is 14.0. The lowest BCUT2D eigenvalue weighted by Crippen LogP contribution is -2.17. The van der Waals surface area contributed by atoms with Crippen molar-refractivity contribution >= 4 is 23.1 Å². The molecule has 0 fully saturated rings. The van der Waals surface area contributed by atoms with E-state index in [0.717, 1.165) is 22.2 Å². The van der Waals surface area contributed by atoms with Crippen LogP contribution in [0.2, 0.25) is 0 Å². The van der Waals surface area contributed by atoms with E-state index < -0.39 is 0 Å². The molecule has 2 rings (SSSR count). The summed E-state index contributed by atoms with van der Waals surface area (Å²) in [6.45, 7) is 0. The van der Waals surface area contributed by atoms with E-state index >= 15 is 0 Å². The number of aromatic nitrogens is 2. The maximum Gasteiger partial charge on any atom is 0.139 e. The predicted molar refractivity (Wildman–Crippen MR) is 79.3 cm³/mol. The average Bonchev–Trinajstić information content (AvgIpc) is 2.87. The lowest BCUT2D eigenvalue weighted by molar-refractivity contribution is 0.677. The molecule has 0 saturated heterocycles. The van der Waals surface area contributed by atoms with Crippen molar-refractivity contribution in [2.75, 3.05) is 19.1 Å². The molecule has 0 aliphatic heterocycles. The topological polar surface area (TPSA) is 37.8 Å². The van der Waals surface area contributed by atoms with E-state index in [1.54, 1.807) is 11.3 Å². The Balaban J connectivity index is 2.15. The molecule has 1 unspecified atom stereocenters. The Morgan fingerprint density at radius 2 is 2.06 bits per heavy atom. The molecule has 1 atom stereocenters. The summed E-state index contributed by atoms with van der Waals surface area (Å²) in [5.41, 5.74) is 1.23. The molecule has 1 N–H and O–H groups in total. The van der Waals surface area contributed by atoms with Gasteiger partial charge in [0.2, 0.25) is 0 Å². The highest BCUT2D eigenvalue weighted by Crippen LogP contribution is 2.24. The lowest BCUT2D eigenvalue weighted by atomic mass is 10.1. The summed E-state index contributed by atoms with van der Waals surface area (Å²) in [5.74, 6) is 1.10. The van der Waals surface area contributed by atoms with Crippen LogP contribution in [0, 0.1) is 0 Å². The minimum absolute atomic E-state index is 0.145. The van der Waals surface area contributed by atoms with Gasteiger partial charge in [-0.05, 0) is 24.6 Å². The second kappa shape index (κ2) is 6.87. The van der Waals surface area contributed by atoms with Gasteiger partial charge in [0.1, 0.15) is 10.0 Å². The van der Waals surface area contributed by atoms with Crippen molar-refractivity contribution in [2.45, 2.75) is 12.5 Å². The minimum atomic E-state index is 0.145. The number of aryl methyl sites for hydroxylation is 1. The van der Waals surface area contributed by atoms with Crippen LogP contribution >= 0.6 is 23.1 Å². The highest BCUT2D eigenvalue weighted by Gasteiger charge is 2.16. The van der Waals surface area contributed by atoms with Crippen LogP contribution in [0.15, 0.2) is 30.3 Å². The van der Waals surface area contributed by atoms with Crippen LogP contribution in [0.25, 0.3) is 0 Å². The molecule has 0 aliphatic carbocycles. The smallest absolute Gasteiger partial charge is 0.139 e. The van der Waals surface area contributed by atoms with Crippen molar-refractivity contribution < 1.29 is 0 Å². The van der Waals surface area contributed by atoms with Gasteiger partial charge in [0, 0.05) is 6.42 Å². The molecule has 0 aliphatic rings. The van der Waals surface area contributed by atoms with E-state index in [2.05, 4.69) is 46.0 Å². The highest BCUT2D eigenvalue weighted by molar-refractivity contribution is 7.98. The molecule has 0 saturated carbocycles. The van der Waals surface area contributed by atoms with Gasteiger partial charge < -0.3 is 5.32 Å². The Hall–Kier alpha value is -0.910. The van der Waals surface area contributed by atoms with E-state index in [4.69, 9.17) is 0 Å². The molecular formula is C13H17N3S2. The van der Waals surface area contributed by atoms with Crippen LogP contribution in [-0.4, -0.2) is 29.3 Å². The van der Waals surface area contributed by atoms with Crippen LogP contribution in [0.3, 0.4) is 0 Å². The van der Waals surface area contributed by atoms with Gasteiger partial charge in [-0.25, -0.2) is 0 Å². The number of nitrogens with zero attached hydrogens (tertiary/aromatic N) is 2.